The molecular formula is C14H26N2O2S. The first-order valence-corrected chi connectivity index (χ1v) is 8.40. The van der Waals surface area contributed by atoms with E-state index in [4.69, 9.17) is 0 Å². The fourth-order valence-electron chi connectivity index (χ4n) is 2.50. The van der Waals surface area contributed by atoms with E-state index in [0.717, 1.165) is 24.3 Å². The van der Waals surface area contributed by atoms with Gasteiger partial charge in [0.15, 0.2) is 0 Å². The maximum atomic E-state index is 12.3. The maximum Gasteiger partial charge on any atom is 0.247 e. The minimum atomic E-state index is -0.319. The number of amides is 2. The largest absolute Gasteiger partial charge is 0.302 e. The van der Waals surface area contributed by atoms with Crippen LogP contribution in [0.3, 0.4) is 0 Å². The highest BCUT2D eigenvalue weighted by Gasteiger charge is 2.41. The van der Waals surface area contributed by atoms with E-state index in [-0.39, 0.29) is 29.9 Å². The van der Waals surface area contributed by atoms with Gasteiger partial charge in [-0.05, 0) is 25.5 Å². The number of hydrogen-bond donors (Lipinski definition) is 1. The van der Waals surface area contributed by atoms with Gasteiger partial charge in [-0.15, -0.1) is 0 Å². The van der Waals surface area contributed by atoms with Crippen molar-refractivity contribution < 1.29 is 9.59 Å². The van der Waals surface area contributed by atoms with Gasteiger partial charge in [-0.25, -0.2) is 0 Å². The van der Waals surface area contributed by atoms with Crippen LogP contribution in [0.5, 0.6) is 0 Å². The van der Waals surface area contributed by atoms with Gasteiger partial charge in [0.1, 0.15) is 0 Å². The quantitative estimate of drug-likeness (QED) is 0.694. The molecule has 0 spiro atoms. The second-order valence-electron chi connectivity index (χ2n) is 5.06. The molecule has 5 heteroatoms. The van der Waals surface area contributed by atoms with E-state index in [9.17, 15) is 9.59 Å². The molecule has 2 amide bonds. The molecule has 2 atom stereocenters. The minimum Gasteiger partial charge on any atom is -0.302 e. The standard InChI is InChI=1S/C14H26N2O2S/c1-5-11(6-2)16-13(17)8-12(14(16)18)15-10(4)9-19-7-3/h10-12,15H,5-9H2,1-4H3. The van der Waals surface area contributed by atoms with E-state index in [1.807, 2.05) is 25.6 Å². The Morgan fingerprint density at radius 2 is 1.95 bits per heavy atom. The van der Waals surface area contributed by atoms with Gasteiger partial charge in [-0.1, -0.05) is 20.8 Å². The molecule has 1 aliphatic heterocycles. The summed E-state index contributed by atoms with van der Waals surface area (Å²) in [4.78, 5) is 25.8. The molecular weight excluding hydrogens is 260 g/mol. The van der Waals surface area contributed by atoms with E-state index in [1.54, 1.807) is 0 Å². The third-order valence-corrected chi connectivity index (χ3v) is 4.69. The van der Waals surface area contributed by atoms with Crippen LogP contribution < -0.4 is 5.32 Å². The van der Waals surface area contributed by atoms with Crippen LogP contribution >= 0.6 is 11.8 Å². The number of likely N-dealkylation sites (tertiary alicyclic amines) is 1. The van der Waals surface area contributed by atoms with Gasteiger partial charge >= 0.3 is 0 Å². The molecule has 1 aliphatic rings. The van der Waals surface area contributed by atoms with Crippen molar-refractivity contribution in [1.29, 1.82) is 0 Å². The zero-order valence-corrected chi connectivity index (χ0v) is 13.3. The molecule has 1 rings (SSSR count). The summed E-state index contributed by atoms with van der Waals surface area (Å²) >= 11 is 1.85. The molecule has 1 heterocycles. The monoisotopic (exact) mass is 286 g/mol. The van der Waals surface area contributed by atoms with Crippen molar-refractivity contribution in [2.45, 2.75) is 65.1 Å². The smallest absolute Gasteiger partial charge is 0.247 e. The lowest BCUT2D eigenvalue weighted by Crippen LogP contribution is -2.46. The summed E-state index contributed by atoms with van der Waals surface area (Å²) in [5.41, 5.74) is 0. The third kappa shape index (κ3) is 4.21. The van der Waals surface area contributed by atoms with E-state index < -0.39 is 0 Å². The molecule has 110 valence electrons. The minimum absolute atomic E-state index is 0.0217. The van der Waals surface area contributed by atoms with Crippen LogP contribution in [0.1, 0.15) is 47.0 Å². The second kappa shape index (κ2) is 7.90. The Morgan fingerprint density at radius 3 is 2.47 bits per heavy atom. The van der Waals surface area contributed by atoms with Gasteiger partial charge < -0.3 is 5.32 Å². The summed E-state index contributed by atoms with van der Waals surface area (Å²) in [7, 11) is 0. The summed E-state index contributed by atoms with van der Waals surface area (Å²) in [5.74, 6) is 1.99. The number of imide groups is 1. The van der Waals surface area contributed by atoms with Crippen LogP contribution in [0, 0.1) is 0 Å². The van der Waals surface area contributed by atoms with Crippen molar-refractivity contribution in [3.05, 3.63) is 0 Å². The van der Waals surface area contributed by atoms with Crippen molar-refractivity contribution in [2.75, 3.05) is 11.5 Å². The molecule has 0 aromatic heterocycles. The zero-order chi connectivity index (χ0) is 14.4. The fraction of sp³-hybridized carbons (Fsp3) is 0.857. The third-order valence-electron chi connectivity index (χ3n) is 3.55. The number of hydrogen-bond acceptors (Lipinski definition) is 4. The Bertz CT molecular complexity index is 319. The van der Waals surface area contributed by atoms with Crippen LogP contribution in [-0.2, 0) is 9.59 Å². The summed E-state index contributed by atoms with van der Waals surface area (Å²) in [6, 6.07) is 0.000956. The van der Waals surface area contributed by atoms with E-state index in [1.165, 1.54) is 4.90 Å². The average Bonchev–Trinajstić information content (AvgIpc) is 2.65. The van der Waals surface area contributed by atoms with Crippen molar-refractivity contribution in [2.24, 2.45) is 0 Å². The summed E-state index contributed by atoms with van der Waals surface area (Å²) in [6.45, 7) is 8.24. The van der Waals surface area contributed by atoms with Crippen LogP contribution in [0.15, 0.2) is 0 Å². The summed E-state index contributed by atoms with van der Waals surface area (Å²) < 4.78 is 0. The number of carbonyl (C=O) groups excluding carboxylic acids is 2. The molecule has 2 unspecified atom stereocenters. The Labute approximate surface area is 120 Å². The number of thioether (sulfide) groups is 1. The average molecular weight is 286 g/mol. The number of rotatable bonds is 8. The van der Waals surface area contributed by atoms with E-state index in [0.29, 0.717) is 6.42 Å². The van der Waals surface area contributed by atoms with Crippen molar-refractivity contribution in [3.63, 3.8) is 0 Å². The first kappa shape index (κ1) is 16.5. The lowest BCUT2D eigenvalue weighted by molar-refractivity contribution is -0.141. The van der Waals surface area contributed by atoms with Crippen LogP contribution in [0.25, 0.3) is 0 Å². The molecule has 1 N–H and O–H groups in total. The Morgan fingerprint density at radius 1 is 1.32 bits per heavy atom. The van der Waals surface area contributed by atoms with Gasteiger partial charge in [-0.3, -0.25) is 14.5 Å². The highest BCUT2D eigenvalue weighted by atomic mass is 32.2. The first-order chi connectivity index (χ1) is 9.04. The molecule has 1 saturated heterocycles. The zero-order valence-electron chi connectivity index (χ0n) is 12.4. The van der Waals surface area contributed by atoms with Gasteiger partial charge in [0, 0.05) is 17.8 Å². The highest BCUT2D eigenvalue weighted by Crippen LogP contribution is 2.20. The Balaban J connectivity index is 2.59. The van der Waals surface area contributed by atoms with Gasteiger partial charge in [0.05, 0.1) is 12.5 Å². The van der Waals surface area contributed by atoms with Gasteiger partial charge in [0.25, 0.3) is 0 Å². The Kier molecular flexibility index (Phi) is 6.86. The van der Waals surface area contributed by atoms with E-state index in [2.05, 4.69) is 19.2 Å². The topological polar surface area (TPSA) is 49.4 Å². The lowest BCUT2D eigenvalue weighted by Gasteiger charge is -2.25. The van der Waals surface area contributed by atoms with Crippen LogP contribution in [-0.4, -0.2) is 46.3 Å². The molecule has 0 aliphatic carbocycles. The van der Waals surface area contributed by atoms with Crippen LogP contribution in [0.2, 0.25) is 0 Å². The normalized spacial score (nSPS) is 21.5. The predicted molar refractivity (Wildman–Crippen MR) is 80.2 cm³/mol. The van der Waals surface area contributed by atoms with E-state index >= 15 is 0 Å². The first-order valence-electron chi connectivity index (χ1n) is 7.24. The molecule has 0 saturated carbocycles. The molecule has 19 heavy (non-hydrogen) atoms. The molecule has 0 aromatic rings. The number of nitrogens with zero attached hydrogens (tertiary/aromatic N) is 1. The molecule has 1 fully saturated rings. The lowest BCUT2D eigenvalue weighted by atomic mass is 10.1. The molecule has 0 aromatic carbocycles. The number of carbonyl (C=O) groups is 2. The fourth-order valence-corrected chi connectivity index (χ4v) is 3.19. The molecule has 0 bridgehead atoms. The maximum absolute atomic E-state index is 12.3. The predicted octanol–water partition coefficient (Wildman–Crippen LogP) is 2.03. The molecule has 0 radical (unpaired) electrons. The Hall–Kier alpha value is -0.550. The second-order valence-corrected chi connectivity index (χ2v) is 6.38. The van der Waals surface area contributed by atoms with Crippen molar-refractivity contribution in [1.82, 2.24) is 10.2 Å². The van der Waals surface area contributed by atoms with Gasteiger partial charge in [-0.2, -0.15) is 11.8 Å². The van der Waals surface area contributed by atoms with Crippen molar-refractivity contribution in [3.8, 4) is 0 Å². The highest BCUT2D eigenvalue weighted by molar-refractivity contribution is 7.99. The van der Waals surface area contributed by atoms with Gasteiger partial charge in [0.2, 0.25) is 11.8 Å². The van der Waals surface area contributed by atoms with Crippen LogP contribution in [0.4, 0.5) is 0 Å². The number of nitrogens with one attached hydrogen (secondary N) is 1. The van der Waals surface area contributed by atoms with Crippen molar-refractivity contribution >= 4 is 23.6 Å². The summed E-state index contributed by atoms with van der Waals surface area (Å²) in [6.07, 6.45) is 1.99. The SMILES string of the molecule is CCSCC(C)NC1CC(=O)N(C(CC)CC)C1=O. The summed E-state index contributed by atoms with van der Waals surface area (Å²) in [5, 5.41) is 3.29. The molecule has 4 nitrogen and oxygen atoms in total.